The van der Waals surface area contributed by atoms with Gasteiger partial charge in [0.15, 0.2) is 0 Å². The van der Waals surface area contributed by atoms with Gasteiger partial charge >= 0.3 is 0 Å². The Morgan fingerprint density at radius 2 is 2.16 bits per heavy atom. The molecule has 1 aliphatic rings. The van der Waals surface area contributed by atoms with Gasteiger partial charge in [-0.15, -0.1) is 0 Å². The number of fused-ring (bicyclic) bond motifs is 1. The molecule has 1 aromatic carbocycles. The number of aromatic nitrogens is 2. The molecule has 134 valence electrons. The van der Waals surface area contributed by atoms with Gasteiger partial charge < -0.3 is 10.4 Å². The number of aryl methyl sites for hydroxylation is 2. The Bertz CT molecular complexity index is 766. The molecular formula is C20H27N3O2. The third-order valence-corrected chi connectivity index (χ3v) is 5.02. The summed E-state index contributed by atoms with van der Waals surface area (Å²) in [6, 6.07) is 9.81. The Morgan fingerprint density at radius 1 is 1.40 bits per heavy atom. The van der Waals surface area contributed by atoms with Crippen LogP contribution in [0.1, 0.15) is 66.8 Å². The van der Waals surface area contributed by atoms with Crippen LogP contribution in [0, 0.1) is 0 Å². The fraction of sp³-hybridized carbons (Fsp3) is 0.500. The van der Waals surface area contributed by atoms with Crippen LogP contribution >= 0.6 is 0 Å². The second-order valence-electron chi connectivity index (χ2n) is 7.15. The molecule has 2 N–H and O–H groups in total. The monoisotopic (exact) mass is 341 g/mol. The number of hydrogen-bond acceptors (Lipinski definition) is 3. The van der Waals surface area contributed by atoms with E-state index in [4.69, 9.17) is 0 Å². The minimum absolute atomic E-state index is 0.183. The predicted octanol–water partition coefficient (Wildman–Crippen LogP) is 2.98. The van der Waals surface area contributed by atoms with E-state index in [0.717, 1.165) is 24.1 Å². The Morgan fingerprint density at radius 3 is 2.88 bits per heavy atom. The van der Waals surface area contributed by atoms with E-state index in [-0.39, 0.29) is 18.4 Å². The predicted molar refractivity (Wildman–Crippen MR) is 97.6 cm³/mol. The third-order valence-electron chi connectivity index (χ3n) is 5.02. The van der Waals surface area contributed by atoms with Gasteiger partial charge in [-0.1, -0.05) is 38.1 Å². The molecule has 0 radical (unpaired) electrons. The zero-order chi connectivity index (χ0) is 18.0. The lowest BCUT2D eigenvalue weighted by molar-refractivity contribution is 0.0188. The first-order chi connectivity index (χ1) is 11.9. The van der Waals surface area contributed by atoms with Crippen molar-refractivity contribution in [2.75, 3.05) is 6.54 Å². The highest BCUT2D eigenvalue weighted by Gasteiger charge is 2.34. The summed E-state index contributed by atoms with van der Waals surface area (Å²) in [7, 11) is 0. The first-order valence-electron chi connectivity index (χ1n) is 9.11. The van der Waals surface area contributed by atoms with Crippen molar-refractivity contribution < 1.29 is 9.90 Å². The summed E-state index contributed by atoms with van der Waals surface area (Å²) in [5, 5.41) is 18.5. The lowest BCUT2D eigenvalue weighted by Crippen LogP contribution is -2.43. The van der Waals surface area contributed by atoms with E-state index >= 15 is 0 Å². The highest BCUT2D eigenvalue weighted by molar-refractivity contribution is 5.92. The zero-order valence-corrected chi connectivity index (χ0v) is 15.2. The smallest absolute Gasteiger partial charge is 0.269 e. The zero-order valence-electron chi connectivity index (χ0n) is 15.2. The fourth-order valence-corrected chi connectivity index (χ4v) is 3.54. The van der Waals surface area contributed by atoms with Crippen molar-refractivity contribution >= 4 is 5.91 Å². The summed E-state index contributed by atoms with van der Waals surface area (Å²) in [5.74, 6) is 0.0893. The number of aliphatic hydroxyl groups is 1. The normalized spacial score (nSPS) is 19.7. The number of amides is 1. The molecule has 0 fully saturated rings. The molecule has 1 unspecified atom stereocenters. The van der Waals surface area contributed by atoms with Gasteiger partial charge in [0, 0.05) is 6.54 Å². The van der Waals surface area contributed by atoms with Crippen molar-refractivity contribution in [2.45, 2.75) is 58.1 Å². The maximum atomic E-state index is 12.7. The van der Waals surface area contributed by atoms with E-state index in [1.807, 2.05) is 31.2 Å². The molecule has 0 aliphatic heterocycles. The first kappa shape index (κ1) is 17.7. The van der Waals surface area contributed by atoms with E-state index in [1.165, 1.54) is 5.56 Å². The maximum absolute atomic E-state index is 12.7. The maximum Gasteiger partial charge on any atom is 0.269 e. The van der Waals surface area contributed by atoms with Crippen LogP contribution in [-0.4, -0.2) is 27.3 Å². The van der Waals surface area contributed by atoms with Crippen molar-refractivity contribution in [1.82, 2.24) is 15.1 Å². The molecule has 0 saturated heterocycles. The van der Waals surface area contributed by atoms with E-state index in [2.05, 4.69) is 30.3 Å². The van der Waals surface area contributed by atoms with Crippen molar-refractivity contribution in [3.63, 3.8) is 0 Å². The molecule has 1 amide bonds. The van der Waals surface area contributed by atoms with Crippen molar-refractivity contribution in [3.05, 3.63) is 52.8 Å². The average molecular weight is 341 g/mol. The molecule has 1 aliphatic carbocycles. The van der Waals surface area contributed by atoms with Crippen LogP contribution in [0.3, 0.4) is 0 Å². The van der Waals surface area contributed by atoms with Gasteiger partial charge in [0.05, 0.1) is 12.2 Å². The topological polar surface area (TPSA) is 67.2 Å². The molecule has 25 heavy (non-hydrogen) atoms. The summed E-state index contributed by atoms with van der Waals surface area (Å²) in [6.45, 7) is 6.95. The van der Waals surface area contributed by atoms with Crippen molar-refractivity contribution in [2.24, 2.45) is 0 Å². The highest BCUT2D eigenvalue weighted by Crippen LogP contribution is 2.34. The van der Waals surface area contributed by atoms with Crippen molar-refractivity contribution in [1.29, 1.82) is 0 Å². The summed E-state index contributed by atoms with van der Waals surface area (Å²) in [5.41, 5.74) is 2.58. The van der Waals surface area contributed by atoms with Gasteiger partial charge in [-0.25, -0.2) is 0 Å². The van der Waals surface area contributed by atoms with Gasteiger partial charge in [0.2, 0.25) is 0 Å². The minimum Gasteiger partial charge on any atom is -0.383 e. The second-order valence-corrected chi connectivity index (χ2v) is 7.15. The van der Waals surface area contributed by atoms with E-state index in [1.54, 1.807) is 4.68 Å². The van der Waals surface area contributed by atoms with E-state index < -0.39 is 5.60 Å². The molecule has 0 saturated carbocycles. The van der Waals surface area contributed by atoms with Crippen LogP contribution in [-0.2, 0) is 18.6 Å². The summed E-state index contributed by atoms with van der Waals surface area (Å²) < 4.78 is 1.73. The Labute approximate surface area is 149 Å². The Balaban J connectivity index is 1.77. The second kappa shape index (κ2) is 7.00. The lowest BCUT2D eigenvalue weighted by atomic mass is 9.79. The average Bonchev–Trinajstić information content (AvgIpc) is 3.05. The summed E-state index contributed by atoms with van der Waals surface area (Å²) in [6.07, 6.45) is 2.56. The molecule has 1 heterocycles. The lowest BCUT2D eigenvalue weighted by Gasteiger charge is -2.34. The highest BCUT2D eigenvalue weighted by atomic mass is 16.3. The van der Waals surface area contributed by atoms with Crippen molar-refractivity contribution in [3.8, 4) is 0 Å². The molecule has 5 nitrogen and oxygen atoms in total. The van der Waals surface area contributed by atoms with Crippen LogP contribution < -0.4 is 5.32 Å². The number of benzene rings is 1. The Hall–Kier alpha value is -2.14. The van der Waals surface area contributed by atoms with Gasteiger partial charge in [0.25, 0.3) is 5.91 Å². The molecule has 5 heteroatoms. The van der Waals surface area contributed by atoms with Gasteiger partial charge in [0.1, 0.15) is 11.3 Å². The van der Waals surface area contributed by atoms with Crippen LogP contribution in [0.2, 0.25) is 0 Å². The quantitative estimate of drug-likeness (QED) is 0.878. The first-order valence-corrected chi connectivity index (χ1v) is 9.11. The summed E-state index contributed by atoms with van der Waals surface area (Å²) in [4.78, 5) is 12.7. The number of nitrogens with zero attached hydrogens (tertiary/aromatic N) is 2. The van der Waals surface area contributed by atoms with Gasteiger partial charge in [-0.3, -0.25) is 9.48 Å². The number of carbonyl (C=O) groups excluding carboxylic acids is 1. The molecule has 0 bridgehead atoms. The van der Waals surface area contributed by atoms with Gasteiger partial charge in [-0.05, 0) is 49.3 Å². The fourth-order valence-electron chi connectivity index (χ4n) is 3.54. The van der Waals surface area contributed by atoms with Crippen LogP contribution in [0.4, 0.5) is 0 Å². The molecule has 1 atom stereocenters. The van der Waals surface area contributed by atoms with Crippen LogP contribution in [0.25, 0.3) is 0 Å². The number of nitrogens with one attached hydrogen (secondary N) is 1. The molecule has 1 aromatic heterocycles. The minimum atomic E-state index is -0.998. The van der Waals surface area contributed by atoms with Crippen LogP contribution in [0.5, 0.6) is 0 Å². The molecule has 0 spiro atoms. The molecule has 3 rings (SSSR count). The molecular weight excluding hydrogens is 314 g/mol. The number of hydrogen-bond donors (Lipinski definition) is 2. The SMILES string of the molecule is CCn1nc(C(C)C)cc1C(=O)NCC1(O)CCCc2ccccc21. The van der Waals surface area contributed by atoms with E-state index in [9.17, 15) is 9.90 Å². The van der Waals surface area contributed by atoms with Crippen LogP contribution in [0.15, 0.2) is 30.3 Å². The molecule has 2 aromatic rings. The largest absolute Gasteiger partial charge is 0.383 e. The number of carbonyl (C=O) groups is 1. The van der Waals surface area contributed by atoms with Gasteiger partial charge in [-0.2, -0.15) is 5.10 Å². The third kappa shape index (κ3) is 3.47. The summed E-state index contributed by atoms with van der Waals surface area (Å²) >= 11 is 0. The Kier molecular flexibility index (Phi) is 4.95. The standard InChI is InChI=1S/C20H27N3O2/c1-4-23-18(12-17(22-23)14(2)3)19(24)21-13-20(25)11-7-9-15-8-5-6-10-16(15)20/h5-6,8,10,12,14,25H,4,7,9,11,13H2,1-3H3,(H,21,24). The van der Waals surface area contributed by atoms with E-state index in [0.29, 0.717) is 18.7 Å². The number of rotatable bonds is 5.